The quantitative estimate of drug-likeness (QED) is 0.800. The Labute approximate surface area is 146 Å². The summed E-state index contributed by atoms with van der Waals surface area (Å²) in [4.78, 5) is 12.7. The second kappa shape index (κ2) is 5.88. The zero-order valence-electron chi connectivity index (χ0n) is 14.7. The number of nitrogens with one attached hydrogen (secondary N) is 1. The fourth-order valence-corrected chi connectivity index (χ4v) is 3.38. The average Bonchev–Trinajstić information content (AvgIpc) is 3.26. The molecule has 0 saturated carbocycles. The van der Waals surface area contributed by atoms with E-state index >= 15 is 0 Å². The number of carbonyl (C=O) groups excluding carboxylic acids is 1. The molecule has 0 atom stereocenters. The number of benzene rings is 1. The maximum Gasteiger partial charge on any atom is 0.277 e. The molecule has 6 nitrogen and oxygen atoms in total. The molecule has 2 aromatic heterocycles. The van der Waals surface area contributed by atoms with Gasteiger partial charge in [0.05, 0.1) is 11.4 Å². The van der Waals surface area contributed by atoms with Gasteiger partial charge >= 0.3 is 0 Å². The Hall–Kier alpha value is -2.89. The number of amides is 1. The molecule has 1 aliphatic carbocycles. The molecule has 3 aromatic rings. The van der Waals surface area contributed by atoms with Crippen molar-refractivity contribution in [3.05, 3.63) is 58.5 Å². The van der Waals surface area contributed by atoms with Crippen molar-refractivity contribution >= 4 is 11.7 Å². The predicted octanol–water partition coefficient (Wildman–Crippen LogP) is 2.96. The molecule has 4 rings (SSSR count). The molecule has 0 radical (unpaired) electrons. The van der Waals surface area contributed by atoms with Crippen LogP contribution in [0, 0.1) is 13.8 Å². The largest absolute Gasteiger partial charge is 0.305 e. The van der Waals surface area contributed by atoms with E-state index in [0.717, 1.165) is 47.7 Å². The van der Waals surface area contributed by atoms with E-state index in [4.69, 9.17) is 0 Å². The minimum Gasteiger partial charge on any atom is -0.305 e. The number of hydrogen-bond acceptors (Lipinski definition) is 3. The lowest BCUT2D eigenvalue weighted by Crippen LogP contribution is -2.16. The predicted molar refractivity (Wildman–Crippen MR) is 96.2 cm³/mol. The summed E-state index contributed by atoms with van der Waals surface area (Å²) in [5.41, 5.74) is 5.72. The lowest BCUT2D eigenvalue weighted by Gasteiger charge is -2.06. The van der Waals surface area contributed by atoms with E-state index in [1.54, 1.807) is 9.36 Å². The van der Waals surface area contributed by atoms with E-state index in [9.17, 15) is 4.79 Å². The van der Waals surface area contributed by atoms with Gasteiger partial charge in [-0.15, -0.1) is 0 Å². The van der Waals surface area contributed by atoms with E-state index in [1.807, 2.05) is 51.2 Å². The highest BCUT2D eigenvalue weighted by Gasteiger charge is 2.23. The first-order chi connectivity index (χ1) is 12.0. The highest BCUT2D eigenvalue weighted by molar-refractivity contribution is 6.03. The first-order valence-corrected chi connectivity index (χ1v) is 8.53. The molecule has 0 bridgehead atoms. The van der Waals surface area contributed by atoms with Crippen LogP contribution >= 0.6 is 0 Å². The van der Waals surface area contributed by atoms with E-state index in [0.29, 0.717) is 5.69 Å². The molecule has 1 aliphatic rings. The van der Waals surface area contributed by atoms with Crippen molar-refractivity contribution < 1.29 is 4.79 Å². The van der Waals surface area contributed by atoms with E-state index in [2.05, 4.69) is 15.5 Å². The molecule has 1 amide bonds. The molecular weight excluding hydrogens is 314 g/mol. The number of fused-ring (bicyclic) bond motifs is 1. The molecule has 1 N–H and O–H groups in total. The Balaban J connectivity index is 1.61. The van der Waals surface area contributed by atoms with Crippen LogP contribution in [0.15, 0.2) is 30.3 Å². The molecule has 6 heteroatoms. The van der Waals surface area contributed by atoms with Crippen molar-refractivity contribution in [3.8, 4) is 5.69 Å². The summed E-state index contributed by atoms with van der Waals surface area (Å²) in [5, 5.41) is 12.0. The van der Waals surface area contributed by atoms with Gasteiger partial charge in [-0.25, -0.2) is 4.68 Å². The van der Waals surface area contributed by atoms with E-state index in [-0.39, 0.29) is 5.91 Å². The van der Waals surface area contributed by atoms with Crippen molar-refractivity contribution in [1.29, 1.82) is 0 Å². The Morgan fingerprint density at radius 3 is 2.64 bits per heavy atom. The fraction of sp³-hybridized carbons (Fsp3) is 0.316. The van der Waals surface area contributed by atoms with Gasteiger partial charge in [-0.2, -0.15) is 10.2 Å². The second-order valence-corrected chi connectivity index (χ2v) is 6.62. The summed E-state index contributed by atoms with van der Waals surface area (Å²) in [7, 11) is 1.87. The highest BCUT2D eigenvalue weighted by atomic mass is 16.2. The number of anilines is 1. The minimum atomic E-state index is -0.202. The van der Waals surface area contributed by atoms with Gasteiger partial charge in [0.2, 0.25) is 0 Å². The number of aryl methyl sites for hydroxylation is 4. The smallest absolute Gasteiger partial charge is 0.277 e. The van der Waals surface area contributed by atoms with Gasteiger partial charge in [-0.3, -0.25) is 9.48 Å². The van der Waals surface area contributed by atoms with Gasteiger partial charge < -0.3 is 5.32 Å². The topological polar surface area (TPSA) is 64.7 Å². The Bertz CT molecular complexity index is 949. The minimum absolute atomic E-state index is 0.202. The monoisotopic (exact) mass is 335 g/mol. The Kier molecular flexibility index (Phi) is 3.67. The molecule has 0 saturated heterocycles. The maximum atomic E-state index is 12.7. The van der Waals surface area contributed by atoms with Gasteiger partial charge in [0.1, 0.15) is 5.82 Å². The van der Waals surface area contributed by atoms with E-state index in [1.165, 1.54) is 5.56 Å². The molecule has 1 aromatic carbocycles. The van der Waals surface area contributed by atoms with Crippen molar-refractivity contribution in [2.75, 3.05) is 5.32 Å². The molecule has 0 unspecified atom stereocenters. The van der Waals surface area contributed by atoms with Crippen LogP contribution in [0.1, 0.15) is 39.4 Å². The number of rotatable bonds is 3. The van der Waals surface area contributed by atoms with Gasteiger partial charge in [0.25, 0.3) is 5.91 Å². The third-order valence-electron chi connectivity index (χ3n) is 4.70. The highest BCUT2D eigenvalue weighted by Crippen LogP contribution is 2.28. The van der Waals surface area contributed by atoms with Crippen LogP contribution < -0.4 is 5.32 Å². The zero-order valence-corrected chi connectivity index (χ0v) is 14.7. The molecule has 0 aliphatic heterocycles. The van der Waals surface area contributed by atoms with Gasteiger partial charge in [0.15, 0.2) is 5.69 Å². The third-order valence-corrected chi connectivity index (χ3v) is 4.70. The molecule has 0 spiro atoms. The van der Waals surface area contributed by atoms with Crippen molar-refractivity contribution in [2.45, 2.75) is 33.1 Å². The number of hydrogen-bond donors (Lipinski definition) is 1. The molecule has 2 heterocycles. The SMILES string of the molecule is Cc1ccc(-n2nc(C(=O)Nc3c4c(nn3C)CCC4)cc2C)cc1. The first kappa shape index (κ1) is 15.6. The Morgan fingerprint density at radius 1 is 1.12 bits per heavy atom. The molecule has 25 heavy (non-hydrogen) atoms. The number of nitrogens with zero attached hydrogens (tertiary/aromatic N) is 4. The zero-order chi connectivity index (χ0) is 17.6. The summed E-state index contributed by atoms with van der Waals surface area (Å²) in [6, 6.07) is 9.89. The van der Waals surface area contributed by atoms with Gasteiger partial charge in [-0.05, 0) is 51.3 Å². The maximum absolute atomic E-state index is 12.7. The average molecular weight is 335 g/mol. The lowest BCUT2D eigenvalue weighted by atomic mass is 10.2. The van der Waals surface area contributed by atoms with Crippen molar-refractivity contribution in [2.24, 2.45) is 7.05 Å². The molecule has 0 fully saturated rings. The van der Waals surface area contributed by atoms with Crippen LogP contribution in [0.2, 0.25) is 0 Å². The standard InChI is InChI=1S/C19H21N5O/c1-12-7-9-14(10-8-12)24-13(2)11-17(22-24)19(25)20-18-15-5-4-6-16(15)21-23(18)3/h7-11H,4-6H2,1-3H3,(H,20,25). The fourth-order valence-electron chi connectivity index (χ4n) is 3.38. The molecule has 128 valence electrons. The Morgan fingerprint density at radius 2 is 1.88 bits per heavy atom. The van der Waals surface area contributed by atoms with Crippen LogP contribution in [0.3, 0.4) is 0 Å². The van der Waals surface area contributed by atoms with Crippen LogP contribution in [0.25, 0.3) is 5.69 Å². The van der Waals surface area contributed by atoms with Crippen LogP contribution in [-0.4, -0.2) is 25.5 Å². The van der Waals surface area contributed by atoms with E-state index < -0.39 is 0 Å². The third kappa shape index (κ3) is 2.73. The van der Waals surface area contributed by atoms with Crippen molar-refractivity contribution in [3.63, 3.8) is 0 Å². The summed E-state index contributed by atoms with van der Waals surface area (Å²) < 4.78 is 3.55. The lowest BCUT2D eigenvalue weighted by molar-refractivity contribution is 0.102. The first-order valence-electron chi connectivity index (χ1n) is 8.53. The summed E-state index contributed by atoms with van der Waals surface area (Å²) in [6.07, 6.45) is 3.05. The number of aromatic nitrogens is 4. The normalized spacial score (nSPS) is 13.1. The van der Waals surface area contributed by atoms with Gasteiger partial charge in [-0.1, -0.05) is 17.7 Å². The number of carbonyl (C=O) groups is 1. The van der Waals surface area contributed by atoms with Crippen LogP contribution in [0.5, 0.6) is 0 Å². The summed E-state index contributed by atoms with van der Waals surface area (Å²) in [6.45, 7) is 4.00. The summed E-state index contributed by atoms with van der Waals surface area (Å²) >= 11 is 0. The van der Waals surface area contributed by atoms with Crippen LogP contribution in [-0.2, 0) is 19.9 Å². The molecular formula is C19H21N5O. The second-order valence-electron chi connectivity index (χ2n) is 6.62. The van der Waals surface area contributed by atoms with Crippen LogP contribution in [0.4, 0.5) is 5.82 Å². The summed E-state index contributed by atoms with van der Waals surface area (Å²) in [5.74, 6) is 0.590. The van der Waals surface area contributed by atoms with Crippen molar-refractivity contribution in [1.82, 2.24) is 19.6 Å². The van der Waals surface area contributed by atoms with Gasteiger partial charge in [0, 0.05) is 18.3 Å².